The molecule has 3 rings (SSSR count). The van der Waals surface area contributed by atoms with Crippen LogP contribution in [0.25, 0.3) is 0 Å². The van der Waals surface area contributed by atoms with E-state index in [4.69, 9.17) is 26.2 Å². The van der Waals surface area contributed by atoms with Crippen molar-refractivity contribution in [2.75, 3.05) is 14.2 Å². The van der Waals surface area contributed by atoms with Crippen LogP contribution in [-0.4, -0.2) is 34.6 Å². The van der Waals surface area contributed by atoms with Gasteiger partial charge in [-0.25, -0.2) is 13.6 Å². The Morgan fingerprint density at radius 3 is 2.33 bits per heavy atom. The lowest BCUT2D eigenvalue weighted by atomic mass is 10.1. The van der Waals surface area contributed by atoms with E-state index in [2.05, 4.69) is 5.32 Å². The Labute approximate surface area is 162 Å². The Balaban J connectivity index is 1.71. The molecule has 2 atom stereocenters. The first kappa shape index (κ1) is 19.5. The summed E-state index contributed by atoms with van der Waals surface area (Å²) >= 11 is 6.11. The van der Waals surface area contributed by atoms with Crippen LogP contribution in [0.2, 0.25) is 5.02 Å². The van der Waals surface area contributed by atoms with Gasteiger partial charge in [-0.1, -0.05) is 23.7 Å². The molecule has 0 heterocycles. The molecule has 144 valence electrons. The van der Waals surface area contributed by atoms with E-state index in [0.29, 0.717) is 22.1 Å². The smallest absolute Gasteiger partial charge is 0.255 e. The second-order valence-electron chi connectivity index (χ2n) is 6.22. The minimum absolute atomic E-state index is 0.0524. The summed E-state index contributed by atoms with van der Waals surface area (Å²) < 4.78 is 33.0. The fraction of sp³-hybridized carbons (Fsp3) is 0.278. The van der Waals surface area contributed by atoms with E-state index < -0.39 is 10.0 Å². The number of amides is 1. The van der Waals surface area contributed by atoms with Crippen LogP contribution in [0.5, 0.6) is 11.5 Å². The van der Waals surface area contributed by atoms with Gasteiger partial charge in [0, 0.05) is 18.0 Å². The molecule has 1 amide bonds. The number of nitrogens with two attached hydrogens (primary N) is 1. The summed E-state index contributed by atoms with van der Waals surface area (Å²) in [6.07, 6.45) is 0.757. The van der Waals surface area contributed by atoms with Gasteiger partial charge in [-0.15, -0.1) is 0 Å². The van der Waals surface area contributed by atoms with E-state index in [1.165, 1.54) is 32.4 Å². The number of nitrogens with one attached hydrogen (secondary N) is 1. The zero-order chi connectivity index (χ0) is 19.8. The number of carbonyl (C=O) groups excluding carboxylic acids is 1. The Morgan fingerprint density at radius 2 is 1.78 bits per heavy atom. The molecule has 2 aromatic carbocycles. The molecule has 2 aromatic rings. The Bertz CT molecular complexity index is 976. The summed E-state index contributed by atoms with van der Waals surface area (Å²) in [6.45, 7) is 0. The van der Waals surface area contributed by atoms with Crippen molar-refractivity contribution >= 4 is 27.5 Å². The molecule has 1 aliphatic rings. The first-order valence-corrected chi connectivity index (χ1v) is 10.0. The van der Waals surface area contributed by atoms with Crippen LogP contribution in [0.15, 0.2) is 41.3 Å². The van der Waals surface area contributed by atoms with Gasteiger partial charge in [0.05, 0.1) is 29.7 Å². The van der Waals surface area contributed by atoms with Crippen LogP contribution < -0.4 is 19.9 Å². The predicted molar refractivity (Wildman–Crippen MR) is 101 cm³/mol. The number of sulfonamides is 1. The minimum Gasteiger partial charge on any atom is -0.496 e. The molecule has 3 N–H and O–H groups in total. The van der Waals surface area contributed by atoms with E-state index in [9.17, 15) is 13.2 Å². The Morgan fingerprint density at radius 1 is 1.15 bits per heavy atom. The van der Waals surface area contributed by atoms with Crippen molar-refractivity contribution in [3.63, 3.8) is 0 Å². The number of benzene rings is 2. The van der Waals surface area contributed by atoms with Crippen molar-refractivity contribution in [2.24, 2.45) is 5.14 Å². The van der Waals surface area contributed by atoms with Crippen LogP contribution in [0.1, 0.15) is 28.3 Å². The molecule has 0 radical (unpaired) electrons. The van der Waals surface area contributed by atoms with Gasteiger partial charge >= 0.3 is 0 Å². The molecule has 1 aliphatic carbocycles. The average Bonchev–Trinajstić information content (AvgIpc) is 3.39. The van der Waals surface area contributed by atoms with Gasteiger partial charge in [-0.05, 0) is 30.2 Å². The summed E-state index contributed by atoms with van der Waals surface area (Å²) in [5, 5.41) is 8.36. The van der Waals surface area contributed by atoms with Crippen molar-refractivity contribution < 1.29 is 22.7 Å². The number of rotatable bonds is 6. The number of primary sulfonamides is 1. The molecule has 27 heavy (non-hydrogen) atoms. The van der Waals surface area contributed by atoms with Crippen LogP contribution in [-0.2, 0) is 10.0 Å². The maximum Gasteiger partial charge on any atom is 0.255 e. The third-order valence-corrected chi connectivity index (χ3v) is 5.69. The zero-order valence-electron chi connectivity index (χ0n) is 14.7. The quantitative estimate of drug-likeness (QED) is 0.759. The van der Waals surface area contributed by atoms with Crippen LogP contribution in [0, 0.1) is 0 Å². The van der Waals surface area contributed by atoms with E-state index >= 15 is 0 Å². The van der Waals surface area contributed by atoms with Crippen molar-refractivity contribution in [1.29, 1.82) is 0 Å². The average molecular weight is 411 g/mol. The van der Waals surface area contributed by atoms with E-state index in [1.54, 1.807) is 18.2 Å². The SMILES string of the molecule is COc1cc(OC)c(C(=O)NC2CC2c2ccc(S(N)(=O)=O)cc2)cc1Cl. The van der Waals surface area contributed by atoms with Gasteiger partial charge in [0.1, 0.15) is 11.5 Å². The fourth-order valence-electron chi connectivity index (χ4n) is 2.91. The van der Waals surface area contributed by atoms with Gasteiger partial charge in [0.15, 0.2) is 0 Å². The molecule has 7 nitrogen and oxygen atoms in total. The largest absolute Gasteiger partial charge is 0.496 e. The highest BCUT2D eigenvalue weighted by atomic mass is 35.5. The lowest BCUT2D eigenvalue weighted by Gasteiger charge is -2.12. The van der Waals surface area contributed by atoms with Crippen LogP contribution in [0.3, 0.4) is 0 Å². The molecular weight excluding hydrogens is 392 g/mol. The molecule has 1 fully saturated rings. The van der Waals surface area contributed by atoms with Crippen LogP contribution in [0.4, 0.5) is 0 Å². The lowest BCUT2D eigenvalue weighted by molar-refractivity contribution is 0.0947. The molecule has 1 saturated carbocycles. The third kappa shape index (κ3) is 4.18. The highest BCUT2D eigenvalue weighted by Gasteiger charge is 2.40. The van der Waals surface area contributed by atoms with Gasteiger partial charge in [-0.3, -0.25) is 4.79 Å². The number of carbonyl (C=O) groups is 1. The number of ether oxygens (including phenoxy) is 2. The summed E-state index contributed by atoms with van der Waals surface area (Å²) in [5.41, 5.74) is 1.26. The molecular formula is C18H19ClN2O5S. The van der Waals surface area contributed by atoms with Crippen molar-refractivity contribution in [3.05, 3.63) is 52.5 Å². The van der Waals surface area contributed by atoms with Gasteiger partial charge in [0.25, 0.3) is 5.91 Å². The first-order valence-electron chi connectivity index (χ1n) is 8.09. The van der Waals surface area contributed by atoms with Crippen molar-refractivity contribution in [2.45, 2.75) is 23.3 Å². The van der Waals surface area contributed by atoms with Gasteiger partial charge < -0.3 is 14.8 Å². The molecule has 0 bridgehead atoms. The summed E-state index contributed by atoms with van der Waals surface area (Å²) in [7, 11) is -0.770. The number of methoxy groups -OCH3 is 2. The minimum atomic E-state index is -3.72. The highest BCUT2D eigenvalue weighted by Crippen LogP contribution is 2.41. The number of hydrogen-bond donors (Lipinski definition) is 2. The zero-order valence-corrected chi connectivity index (χ0v) is 16.3. The lowest BCUT2D eigenvalue weighted by Crippen LogP contribution is -2.27. The Hall–Kier alpha value is -2.29. The topological polar surface area (TPSA) is 108 Å². The second kappa shape index (κ2) is 7.38. The van der Waals surface area contributed by atoms with E-state index in [1.807, 2.05) is 0 Å². The number of hydrogen-bond acceptors (Lipinski definition) is 5. The maximum atomic E-state index is 12.6. The molecule has 2 unspecified atom stereocenters. The van der Waals surface area contributed by atoms with Gasteiger partial charge in [0.2, 0.25) is 10.0 Å². The van der Waals surface area contributed by atoms with Crippen LogP contribution >= 0.6 is 11.6 Å². The summed E-state index contributed by atoms with van der Waals surface area (Å²) in [6, 6.07) is 9.37. The Kier molecular flexibility index (Phi) is 5.32. The molecule has 0 spiro atoms. The molecule has 0 aliphatic heterocycles. The van der Waals surface area contributed by atoms with E-state index in [0.717, 1.165) is 12.0 Å². The van der Waals surface area contributed by atoms with E-state index in [-0.39, 0.29) is 22.8 Å². The first-order chi connectivity index (χ1) is 12.7. The van der Waals surface area contributed by atoms with Gasteiger partial charge in [-0.2, -0.15) is 0 Å². The number of halogens is 1. The fourth-order valence-corrected chi connectivity index (χ4v) is 3.67. The standard InChI is InChI=1S/C18H19ClN2O5S/c1-25-16-9-17(26-2)14(19)7-13(16)18(22)21-15-8-12(15)10-3-5-11(6-4-10)27(20,23)24/h3-7,9,12,15H,8H2,1-2H3,(H,21,22)(H2,20,23,24). The van der Waals surface area contributed by atoms with Crippen molar-refractivity contribution in [3.8, 4) is 11.5 Å². The summed E-state index contributed by atoms with van der Waals surface area (Å²) in [4.78, 5) is 12.7. The summed E-state index contributed by atoms with van der Waals surface area (Å²) in [5.74, 6) is 0.598. The normalized spacial score (nSPS) is 18.7. The molecule has 0 saturated heterocycles. The maximum absolute atomic E-state index is 12.6. The predicted octanol–water partition coefficient (Wildman–Crippen LogP) is 2.29. The highest BCUT2D eigenvalue weighted by molar-refractivity contribution is 7.89. The molecule has 9 heteroatoms. The molecule has 0 aromatic heterocycles. The second-order valence-corrected chi connectivity index (χ2v) is 8.19. The third-order valence-electron chi connectivity index (χ3n) is 4.46. The monoisotopic (exact) mass is 410 g/mol. The van der Waals surface area contributed by atoms with Crippen molar-refractivity contribution in [1.82, 2.24) is 5.32 Å².